The second-order valence-electron chi connectivity index (χ2n) is 8.09. The molecule has 2 rings (SSSR count). The molecule has 0 atom stereocenters. The lowest BCUT2D eigenvalue weighted by Gasteiger charge is -2.33. The molecule has 0 bridgehead atoms. The number of hydrogen-bond donors (Lipinski definition) is 2. The fraction of sp³-hybridized carbons (Fsp3) is 0.600. The summed E-state index contributed by atoms with van der Waals surface area (Å²) in [5, 5.41) is 2.77. The minimum Gasteiger partial charge on any atom is -0.340 e. The predicted octanol–water partition coefficient (Wildman–Crippen LogP) is 2.77. The number of rotatable bonds is 5. The molecule has 1 aliphatic rings. The third kappa shape index (κ3) is 5.70. The van der Waals surface area contributed by atoms with Gasteiger partial charge < -0.3 is 10.2 Å². The Balaban J connectivity index is 2.18. The second kappa shape index (κ2) is 9.13. The number of amides is 3. The maximum absolute atomic E-state index is 12.6. The molecule has 1 fully saturated rings. The van der Waals surface area contributed by atoms with Crippen LogP contribution in [0.15, 0.2) is 12.1 Å². The molecule has 1 aliphatic heterocycles. The van der Waals surface area contributed by atoms with Crippen LogP contribution >= 0.6 is 0 Å². The number of aryl methyl sites for hydroxylation is 1. The topological polar surface area (TPSA) is 98.8 Å². The van der Waals surface area contributed by atoms with Crippen LogP contribution in [0.3, 0.4) is 0 Å². The molecule has 1 heterocycles. The Labute approximate surface area is 173 Å². The van der Waals surface area contributed by atoms with Crippen LogP contribution in [0.1, 0.15) is 63.1 Å². The van der Waals surface area contributed by atoms with E-state index in [1.165, 1.54) is 11.2 Å². The smallest absolute Gasteiger partial charge is 0.333 e. The van der Waals surface area contributed by atoms with Crippen LogP contribution < -0.4 is 10.0 Å². The van der Waals surface area contributed by atoms with Crippen LogP contribution in [0.2, 0.25) is 0 Å². The first-order valence-corrected chi connectivity index (χ1v) is 11.3. The monoisotopic (exact) mass is 424 g/mol. The Morgan fingerprint density at radius 1 is 0.966 bits per heavy atom. The van der Waals surface area contributed by atoms with Crippen LogP contribution in [-0.2, 0) is 15.0 Å². The SMILES string of the molecule is CC(=O)N1CCN(S(=O)(=O)NC(=O)Nc2c(C(C)C)cc(C)cc2C(C)C)CC1. The highest BCUT2D eigenvalue weighted by Gasteiger charge is 2.29. The predicted molar refractivity (Wildman–Crippen MR) is 114 cm³/mol. The van der Waals surface area contributed by atoms with Gasteiger partial charge >= 0.3 is 16.2 Å². The van der Waals surface area contributed by atoms with E-state index in [2.05, 4.69) is 10.0 Å². The van der Waals surface area contributed by atoms with E-state index in [-0.39, 0.29) is 30.8 Å². The lowest BCUT2D eigenvalue weighted by molar-refractivity contribution is -0.129. The highest BCUT2D eigenvalue weighted by molar-refractivity contribution is 7.87. The lowest BCUT2D eigenvalue weighted by Crippen LogP contribution is -2.54. The van der Waals surface area contributed by atoms with Crippen LogP contribution in [0, 0.1) is 6.92 Å². The van der Waals surface area contributed by atoms with Gasteiger partial charge in [-0.2, -0.15) is 12.7 Å². The number of hydrogen-bond acceptors (Lipinski definition) is 4. The third-order valence-electron chi connectivity index (χ3n) is 5.07. The molecule has 1 saturated heterocycles. The third-order valence-corrected chi connectivity index (χ3v) is 6.56. The fourth-order valence-corrected chi connectivity index (χ4v) is 4.52. The summed E-state index contributed by atoms with van der Waals surface area (Å²) in [6.07, 6.45) is 0. The molecular formula is C20H32N4O4S. The van der Waals surface area contributed by atoms with Gasteiger partial charge in [-0.25, -0.2) is 9.52 Å². The van der Waals surface area contributed by atoms with E-state index >= 15 is 0 Å². The molecule has 0 aliphatic carbocycles. The Kier molecular flexibility index (Phi) is 7.29. The molecule has 3 amide bonds. The molecule has 162 valence electrons. The van der Waals surface area contributed by atoms with Crippen molar-refractivity contribution in [3.8, 4) is 0 Å². The summed E-state index contributed by atoms with van der Waals surface area (Å²) in [7, 11) is -3.99. The van der Waals surface area contributed by atoms with Crippen molar-refractivity contribution in [2.75, 3.05) is 31.5 Å². The van der Waals surface area contributed by atoms with Crippen LogP contribution in [-0.4, -0.2) is 55.7 Å². The molecule has 8 nitrogen and oxygen atoms in total. The first-order valence-electron chi connectivity index (χ1n) is 9.91. The fourth-order valence-electron chi connectivity index (χ4n) is 3.46. The van der Waals surface area contributed by atoms with Gasteiger partial charge in [0.05, 0.1) is 0 Å². The number of anilines is 1. The van der Waals surface area contributed by atoms with Gasteiger partial charge in [0.2, 0.25) is 5.91 Å². The van der Waals surface area contributed by atoms with Gasteiger partial charge in [0.1, 0.15) is 0 Å². The van der Waals surface area contributed by atoms with E-state index in [1.807, 2.05) is 46.8 Å². The largest absolute Gasteiger partial charge is 0.340 e. The number of urea groups is 1. The molecule has 2 N–H and O–H groups in total. The highest BCUT2D eigenvalue weighted by Crippen LogP contribution is 2.33. The van der Waals surface area contributed by atoms with Crippen LogP contribution in [0.25, 0.3) is 0 Å². The number of benzene rings is 1. The first kappa shape index (κ1) is 23.2. The zero-order chi connectivity index (χ0) is 21.9. The van der Waals surface area contributed by atoms with Crippen molar-refractivity contribution in [2.45, 2.75) is 53.4 Å². The van der Waals surface area contributed by atoms with Gasteiger partial charge in [0, 0.05) is 38.8 Å². The van der Waals surface area contributed by atoms with Crippen LogP contribution in [0.5, 0.6) is 0 Å². The van der Waals surface area contributed by atoms with Crippen LogP contribution in [0.4, 0.5) is 10.5 Å². The van der Waals surface area contributed by atoms with E-state index in [1.54, 1.807) is 4.90 Å². The molecule has 0 aromatic heterocycles. The number of nitrogens with one attached hydrogen (secondary N) is 2. The van der Waals surface area contributed by atoms with Crippen molar-refractivity contribution in [1.29, 1.82) is 0 Å². The van der Waals surface area contributed by atoms with Gasteiger partial charge in [0.25, 0.3) is 0 Å². The minimum absolute atomic E-state index is 0.0884. The Hall–Kier alpha value is -2.13. The molecule has 0 radical (unpaired) electrons. The van der Waals surface area contributed by atoms with Crippen molar-refractivity contribution in [3.63, 3.8) is 0 Å². The van der Waals surface area contributed by atoms with E-state index in [9.17, 15) is 18.0 Å². The normalized spacial score (nSPS) is 15.7. The molecule has 0 spiro atoms. The van der Waals surface area contributed by atoms with Gasteiger partial charge in [-0.05, 0) is 29.9 Å². The molecule has 0 unspecified atom stereocenters. The van der Waals surface area contributed by atoms with E-state index in [4.69, 9.17) is 0 Å². The summed E-state index contributed by atoms with van der Waals surface area (Å²) in [4.78, 5) is 25.6. The lowest BCUT2D eigenvalue weighted by atomic mass is 9.90. The molecule has 1 aromatic carbocycles. The highest BCUT2D eigenvalue weighted by atomic mass is 32.2. The summed E-state index contributed by atoms with van der Waals surface area (Å²) in [6.45, 7) is 12.5. The first-order chi connectivity index (χ1) is 13.4. The molecule has 0 saturated carbocycles. The minimum atomic E-state index is -3.99. The Bertz CT molecular complexity index is 843. The van der Waals surface area contributed by atoms with E-state index in [0.29, 0.717) is 18.8 Å². The van der Waals surface area contributed by atoms with E-state index < -0.39 is 16.2 Å². The van der Waals surface area contributed by atoms with Gasteiger partial charge in [-0.1, -0.05) is 45.4 Å². The van der Waals surface area contributed by atoms with Crippen molar-refractivity contribution in [3.05, 3.63) is 28.8 Å². The Morgan fingerprint density at radius 2 is 1.45 bits per heavy atom. The van der Waals surface area contributed by atoms with Gasteiger partial charge in [-0.3, -0.25) is 4.79 Å². The summed E-state index contributed by atoms with van der Waals surface area (Å²) in [6, 6.07) is 3.25. The summed E-state index contributed by atoms with van der Waals surface area (Å²) in [5.74, 6) is 0.243. The number of nitrogens with zero attached hydrogens (tertiary/aromatic N) is 2. The second-order valence-corrected chi connectivity index (χ2v) is 9.76. The molecular weight excluding hydrogens is 392 g/mol. The quantitative estimate of drug-likeness (QED) is 0.759. The van der Waals surface area contributed by atoms with Crippen molar-refractivity contribution < 1.29 is 18.0 Å². The molecule has 1 aromatic rings. The maximum atomic E-state index is 12.6. The number of piperazine rings is 1. The summed E-state index contributed by atoms with van der Waals surface area (Å²) in [5.41, 5.74) is 3.70. The maximum Gasteiger partial charge on any atom is 0.333 e. The van der Waals surface area contributed by atoms with Gasteiger partial charge in [0.15, 0.2) is 0 Å². The molecule has 9 heteroatoms. The van der Waals surface area contributed by atoms with Crippen molar-refractivity contribution >= 4 is 27.8 Å². The average Bonchev–Trinajstić information content (AvgIpc) is 2.62. The number of carbonyl (C=O) groups excluding carboxylic acids is 2. The zero-order valence-corrected chi connectivity index (χ0v) is 18.9. The zero-order valence-electron chi connectivity index (χ0n) is 18.1. The van der Waals surface area contributed by atoms with Crippen molar-refractivity contribution in [2.24, 2.45) is 0 Å². The standard InChI is InChI=1S/C20H32N4O4S/c1-13(2)17-11-15(5)12-18(14(3)4)19(17)21-20(26)22-29(27,28)24-9-7-23(8-10-24)16(6)25/h11-14H,7-10H2,1-6H3,(H2,21,22,26). The van der Waals surface area contributed by atoms with Crippen molar-refractivity contribution in [1.82, 2.24) is 13.9 Å². The average molecular weight is 425 g/mol. The summed E-state index contributed by atoms with van der Waals surface area (Å²) < 4.78 is 28.5. The number of carbonyl (C=O) groups is 2. The van der Waals surface area contributed by atoms with Gasteiger partial charge in [-0.15, -0.1) is 0 Å². The Morgan fingerprint density at radius 3 is 1.86 bits per heavy atom. The summed E-state index contributed by atoms with van der Waals surface area (Å²) >= 11 is 0. The van der Waals surface area contributed by atoms with E-state index in [0.717, 1.165) is 16.7 Å². The molecule has 29 heavy (non-hydrogen) atoms.